The second kappa shape index (κ2) is 6.51. The second-order valence-corrected chi connectivity index (χ2v) is 6.49. The third-order valence-corrected chi connectivity index (χ3v) is 4.89. The predicted octanol–water partition coefficient (Wildman–Crippen LogP) is 2.44. The molecule has 122 valence electrons. The number of aromatic amines is 1. The number of hydrogen-bond acceptors (Lipinski definition) is 3. The Morgan fingerprint density at radius 2 is 2.00 bits per heavy atom. The highest BCUT2D eigenvalue weighted by molar-refractivity contribution is 6.30. The second-order valence-electron chi connectivity index (χ2n) is 6.06. The molecule has 0 saturated carbocycles. The zero-order chi connectivity index (χ0) is 15.1. The molecule has 3 heterocycles. The lowest BCUT2D eigenvalue weighted by atomic mass is 10.0. The number of amides is 1. The summed E-state index contributed by atoms with van der Waals surface area (Å²) in [5, 5.41) is 11.0. The van der Waals surface area contributed by atoms with Crippen LogP contribution in [0.3, 0.4) is 0 Å². The van der Waals surface area contributed by atoms with Gasteiger partial charge in [0.15, 0.2) is 0 Å². The minimum absolute atomic E-state index is 0. The fourth-order valence-corrected chi connectivity index (χ4v) is 3.69. The molecule has 0 aliphatic carbocycles. The Balaban J connectivity index is 0.00000156. The molecule has 4 rings (SSSR count). The number of hydrogen-bond donors (Lipinski definition) is 2. The first-order chi connectivity index (χ1) is 10.7. The molecule has 2 fully saturated rings. The molecule has 2 aliphatic heterocycles. The highest BCUT2D eigenvalue weighted by Crippen LogP contribution is 2.30. The van der Waals surface area contributed by atoms with Gasteiger partial charge in [-0.2, -0.15) is 5.10 Å². The molecule has 2 aromatic rings. The average Bonchev–Trinajstić information content (AvgIpc) is 3.21. The first kappa shape index (κ1) is 16.3. The van der Waals surface area contributed by atoms with Crippen molar-refractivity contribution in [1.82, 2.24) is 20.4 Å². The molecular formula is C16H18Cl2N4O. The van der Waals surface area contributed by atoms with Crippen LogP contribution in [0.25, 0.3) is 11.3 Å². The lowest BCUT2D eigenvalue weighted by Gasteiger charge is -2.17. The molecule has 7 heteroatoms. The summed E-state index contributed by atoms with van der Waals surface area (Å²) in [6, 6.07) is 7.46. The third-order valence-electron chi connectivity index (χ3n) is 4.66. The van der Waals surface area contributed by atoms with Gasteiger partial charge in [0.1, 0.15) is 0 Å². The van der Waals surface area contributed by atoms with Gasteiger partial charge >= 0.3 is 0 Å². The summed E-state index contributed by atoms with van der Waals surface area (Å²) in [5.74, 6) is 1.23. The van der Waals surface area contributed by atoms with E-state index >= 15 is 0 Å². The SMILES string of the molecule is Cl.O=C(c1cn[nH]c1-c1cccc(Cl)c1)N1C[C@H]2CNC[C@H]2C1. The van der Waals surface area contributed by atoms with Crippen molar-refractivity contribution in [1.29, 1.82) is 0 Å². The van der Waals surface area contributed by atoms with Gasteiger partial charge in [0.05, 0.1) is 17.5 Å². The van der Waals surface area contributed by atoms with Crippen LogP contribution in [0.4, 0.5) is 0 Å². The number of halogens is 2. The van der Waals surface area contributed by atoms with Gasteiger partial charge in [0.2, 0.25) is 0 Å². The minimum Gasteiger partial charge on any atom is -0.338 e. The molecule has 2 aliphatic rings. The van der Waals surface area contributed by atoms with Crippen molar-refractivity contribution >= 4 is 29.9 Å². The number of fused-ring (bicyclic) bond motifs is 1. The van der Waals surface area contributed by atoms with Crippen LogP contribution in [0.15, 0.2) is 30.5 Å². The quantitative estimate of drug-likeness (QED) is 0.872. The van der Waals surface area contributed by atoms with Gasteiger partial charge in [-0.3, -0.25) is 9.89 Å². The van der Waals surface area contributed by atoms with Crippen LogP contribution in [-0.4, -0.2) is 47.2 Å². The molecule has 2 saturated heterocycles. The van der Waals surface area contributed by atoms with E-state index in [4.69, 9.17) is 11.6 Å². The Hall–Kier alpha value is -1.56. The van der Waals surface area contributed by atoms with E-state index in [2.05, 4.69) is 15.5 Å². The van der Waals surface area contributed by atoms with Crippen LogP contribution < -0.4 is 5.32 Å². The standard InChI is InChI=1S/C16H17ClN4O.ClH/c17-13-3-1-2-10(4-13)15-14(7-19-20-15)16(22)21-8-11-5-18-6-12(11)9-21;/h1-4,7,11-12,18H,5-6,8-9H2,(H,19,20);1H/t11-,12+;. The minimum atomic E-state index is 0. The molecule has 0 radical (unpaired) electrons. The average molecular weight is 353 g/mol. The van der Waals surface area contributed by atoms with Crippen LogP contribution in [0.5, 0.6) is 0 Å². The van der Waals surface area contributed by atoms with Crippen molar-refractivity contribution in [3.05, 3.63) is 41.0 Å². The molecule has 1 aromatic carbocycles. The van der Waals surface area contributed by atoms with E-state index in [0.717, 1.165) is 37.4 Å². The largest absolute Gasteiger partial charge is 0.338 e. The highest BCUT2D eigenvalue weighted by Gasteiger charge is 2.38. The molecule has 0 unspecified atom stereocenters. The zero-order valence-electron chi connectivity index (χ0n) is 12.5. The Kier molecular flexibility index (Phi) is 4.62. The van der Waals surface area contributed by atoms with E-state index in [-0.39, 0.29) is 18.3 Å². The van der Waals surface area contributed by atoms with Crippen LogP contribution >= 0.6 is 24.0 Å². The Morgan fingerprint density at radius 1 is 1.26 bits per heavy atom. The number of benzene rings is 1. The highest BCUT2D eigenvalue weighted by atomic mass is 35.5. The van der Waals surface area contributed by atoms with E-state index in [1.165, 1.54) is 0 Å². The van der Waals surface area contributed by atoms with Crippen LogP contribution in [-0.2, 0) is 0 Å². The van der Waals surface area contributed by atoms with E-state index < -0.39 is 0 Å². The van der Waals surface area contributed by atoms with E-state index in [1.807, 2.05) is 29.2 Å². The van der Waals surface area contributed by atoms with Gasteiger partial charge < -0.3 is 10.2 Å². The molecular weight excluding hydrogens is 335 g/mol. The summed E-state index contributed by atoms with van der Waals surface area (Å²) in [5.41, 5.74) is 2.24. The number of carbonyl (C=O) groups excluding carboxylic acids is 1. The number of nitrogens with one attached hydrogen (secondary N) is 2. The Morgan fingerprint density at radius 3 is 2.70 bits per heavy atom. The third kappa shape index (κ3) is 2.96. The number of carbonyl (C=O) groups is 1. The first-order valence-corrected chi connectivity index (χ1v) is 7.89. The maximum absolute atomic E-state index is 12.8. The van der Waals surface area contributed by atoms with Crippen molar-refractivity contribution < 1.29 is 4.79 Å². The first-order valence-electron chi connectivity index (χ1n) is 7.51. The molecule has 0 spiro atoms. The van der Waals surface area contributed by atoms with Crippen molar-refractivity contribution in [3.63, 3.8) is 0 Å². The van der Waals surface area contributed by atoms with Gasteiger partial charge in [-0.25, -0.2) is 0 Å². The topological polar surface area (TPSA) is 61.0 Å². The molecule has 2 atom stereocenters. The maximum Gasteiger partial charge on any atom is 0.257 e. The summed E-state index contributed by atoms with van der Waals surface area (Å²) in [7, 11) is 0. The normalized spacial score (nSPS) is 22.7. The summed E-state index contributed by atoms with van der Waals surface area (Å²) in [6.45, 7) is 3.69. The number of aromatic nitrogens is 2. The molecule has 1 aromatic heterocycles. The van der Waals surface area contributed by atoms with Gasteiger partial charge in [0, 0.05) is 36.8 Å². The fourth-order valence-electron chi connectivity index (χ4n) is 3.50. The summed E-state index contributed by atoms with van der Waals surface area (Å²) in [4.78, 5) is 14.8. The van der Waals surface area contributed by atoms with Crippen molar-refractivity contribution in [2.24, 2.45) is 11.8 Å². The number of rotatable bonds is 2. The monoisotopic (exact) mass is 352 g/mol. The van der Waals surface area contributed by atoms with Crippen molar-refractivity contribution in [2.45, 2.75) is 0 Å². The smallest absolute Gasteiger partial charge is 0.257 e. The molecule has 2 N–H and O–H groups in total. The lowest BCUT2D eigenvalue weighted by Crippen LogP contribution is -2.31. The zero-order valence-corrected chi connectivity index (χ0v) is 14.0. The summed E-state index contributed by atoms with van der Waals surface area (Å²) >= 11 is 6.05. The van der Waals surface area contributed by atoms with Gasteiger partial charge in [-0.05, 0) is 24.0 Å². The number of likely N-dealkylation sites (tertiary alicyclic amines) is 1. The molecule has 5 nitrogen and oxygen atoms in total. The predicted molar refractivity (Wildman–Crippen MR) is 92.0 cm³/mol. The Bertz CT molecular complexity index is 706. The maximum atomic E-state index is 12.8. The van der Waals surface area contributed by atoms with Crippen LogP contribution in [0.1, 0.15) is 10.4 Å². The van der Waals surface area contributed by atoms with E-state index in [1.54, 1.807) is 6.20 Å². The molecule has 23 heavy (non-hydrogen) atoms. The molecule has 0 bridgehead atoms. The van der Waals surface area contributed by atoms with Gasteiger partial charge in [0.25, 0.3) is 5.91 Å². The number of nitrogens with zero attached hydrogens (tertiary/aromatic N) is 2. The van der Waals surface area contributed by atoms with E-state index in [9.17, 15) is 4.79 Å². The fraction of sp³-hybridized carbons (Fsp3) is 0.375. The van der Waals surface area contributed by atoms with Crippen molar-refractivity contribution in [2.75, 3.05) is 26.2 Å². The number of H-pyrrole nitrogens is 1. The van der Waals surface area contributed by atoms with Crippen molar-refractivity contribution in [3.8, 4) is 11.3 Å². The van der Waals surface area contributed by atoms with Gasteiger partial charge in [-0.15, -0.1) is 12.4 Å². The van der Waals surface area contributed by atoms with Crippen LogP contribution in [0, 0.1) is 11.8 Å². The van der Waals surface area contributed by atoms with E-state index in [0.29, 0.717) is 22.4 Å². The summed E-state index contributed by atoms with van der Waals surface area (Å²) in [6.07, 6.45) is 1.62. The Labute approximate surface area is 145 Å². The lowest BCUT2D eigenvalue weighted by molar-refractivity contribution is 0.0782. The molecule has 1 amide bonds. The summed E-state index contributed by atoms with van der Waals surface area (Å²) < 4.78 is 0. The van der Waals surface area contributed by atoms with Crippen LogP contribution in [0.2, 0.25) is 5.02 Å². The van der Waals surface area contributed by atoms with Gasteiger partial charge in [-0.1, -0.05) is 23.7 Å².